The van der Waals surface area contributed by atoms with Gasteiger partial charge in [0, 0.05) is 31.6 Å². The van der Waals surface area contributed by atoms with Crippen LogP contribution in [-0.2, 0) is 16.6 Å². The first-order chi connectivity index (χ1) is 14.0. The molecule has 0 unspecified atom stereocenters. The third-order valence-corrected chi connectivity index (χ3v) is 6.35. The van der Waals surface area contributed by atoms with Gasteiger partial charge in [-0.05, 0) is 42.0 Å². The molecule has 2 aromatic rings. The summed E-state index contributed by atoms with van der Waals surface area (Å²) in [6, 6.07) is 15.8. The summed E-state index contributed by atoms with van der Waals surface area (Å²) in [4.78, 5) is 5.13. The fraction of sp³-hybridized carbons (Fsp3) is 0.350. The highest BCUT2D eigenvalue weighted by Gasteiger charge is 2.10. The SMILES string of the molecule is CN=C(NCCCSc1ccc(F)cc1)NCCS(=O)(=O)NCc1ccccc1. The quantitative estimate of drug-likeness (QED) is 0.217. The normalized spacial score (nSPS) is 12.0. The van der Waals surface area contributed by atoms with Gasteiger partial charge in [0.2, 0.25) is 10.0 Å². The second-order valence-electron chi connectivity index (χ2n) is 6.21. The molecule has 0 aliphatic heterocycles. The first-order valence-corrected chi connectivity index (χ1v) is 12.0. The Bertz CT molecular complexity index is 860. The minimum atomic E-state index is -3.37. The van der Waals surface area contributed by atoms with Crippen molar-refractivity contribution in [1.29, 1.82) is 0 Å². The lowest BCUT2D eigenvalue weighted by Crippen LogP contribution is -2.41. The molecule has 0 amide bonds. The predicted octanol–water partition coefficient (Wildman–Crippen LogP) is 2.59. The first-order valence-electron chi connectivity index (χ1n) is 9.32. The van der Waals surface area contributed by atoms with E-state index >= 15 is 0 Å². The van der Waals surface area contributed by atoms with Crippen LogP contribution in [0.2, 0.25) is 0 Å². The lowest BCUT2D eigenvalue weighted by atomic mass is 10.2. The third kappa shape index (κ3) is 9.78. The van der Waals surface area contributed by atoms with Crippen LogP contribution >= 0.6 is 11.8 Å². The van der Waals surface area contributed by atoms with Gasteiger partial charge in [0.1, 0.15) is 5.82 Å². The van der Waals surface area contributed by atoms with E-state index in [9.17, 15) is 12.8 Å². The molecule has 0 radical (unpaired) electrons. The van der Waals surface area contributed by atoms with Crippen molar-refractivity contribution in [2.75, 3.05) is 31.6 Å². The van der Waals surface area contributed by atoms with Crippen molar-refractivity contribution in [2.45, 2.75) is 17.9 Å². The molecular weight excluding hydrogens is 411 g/mol. The summed E-state index contributed by atoms with van der Waals surface area (Å²) in [5.41, 5.74) is 0.917. The topological polar surface area (TPSA) is 82.6 Å². The van der Waals surface area contributed by atoms with Gasteiger partial charge in [-0.2, -0.15) is 0 Å². The maximum absolute atomic E-state index is 12.9. The molecule has 2 rings (SSSR count). The first kappa shape index (κ1) is 23.2. The Kier molecular flexibility index (Phi) is 9.96. The summed E-state index contributed by atoms with van der Waals surface area (Å²) in [7, 11) is -1.73. The highest BCUT2D eigenvalue weighted by molar-refractivity contribution is 7.99. The molecular formula is C20H27FN4O2S2. The van der Waals surface area contributed by atoms with E-state index in [0.29, 0.717) is 12.5 Å². The van der Waals surface area contributed by atoms with E-state index in [4.69, 9.17) is 0 Å². The zero-order valence-electron chi connectivity index (χ0n) is 16.4. The summed E-state index contributed by atoms with van der Waals surface area (Å²) < 4.78 is 39.6. The number of benzene rings is 2. The molecule has 0 aromatic heterocycles. The van der Waals surface area contributed by atoms with Crippen LogP contribution < -0.4 is 15.4 Å². The average Bonchev–Trinajstić information content (AvgIpc) is 2.73. The summed E-state index contributed by atoms with van der Waals surface area (Å²) in [6.45, 7) is 1.24. The number of hydrogen-bond acceptors (Lipinski definition) is 4. The molecule has 2 aromatic carbocycles. The van der Waals surface area contributed by atoms with Crippen molar-refractivity contribution in [2.24, 2.45) is 4.99 Å². The number of thioether (sulfide) groups is 1. The van der Waals surface area contributed by atoms with Crippen molar-refractivity contribution < 1.29 is 12.8 Å². The lowest BCUT2D eigenvalue weighted by molar-refractivity contribution is 0.580. The summed E-state index contributed by atoms with van der Waals surface area (Å²) >= 11 is 1.66. The van der Waals surface area contributed by atoms with Gasteiger partial charge in [-0.15, -0.1) is 11.8 Å². The highest BCUT2D eigenvalue weighted by atomic mass is 32.2. The molecule has 0 bridgehead atoms. The van der Waals surface area contributed by atoms with Crippen molar-refractivity contribution in [3.05, 3.63) is 66.0 Å². The molecule has 0 saturated carbocycles. The van der Waals surface area contributed by atoms with E-state index in [2.05, 4.69) is 20.3 Å². The molecule has 3 N–H and O–H groups in total. The monoisotopic (exact) mass is 438 g/mol. The van der Waals surface area contributed by atoms with Gasteiger partial charge in [0.15, 0.2) is 5.96 Å². The van der Waals surface area contributed by atoms with Crippen molar-refractivity contribution in [1.82, 2.24) is 15.4 Å². The molecule has 0 aliphatic carbocycles. The number of rotatable bonds is 11. The van der Waals surface area contributed by atoms with E-state index in [-0.39, 0.29) is 24.7 Å². The molecule has 0 saturated heterocycles. The summed E-state index contributed by atoms with van der Waals surface area (Å²) in [6.07, 6.45) is 0.889. The minimum absolute atomic E-state index is 0.0407. The van der Waals surface area contributed by atoms with Crippen LogP contribution in [0, 0.1) is 5.82 Å². The zero-order valence-corrected chi connectivity index (χ0v) is 18.0. The molecule has 6 nitrogen and oxygen atoms in total. The Morgan fingerprint density at radius 2 is 1.72 bits per heavy atom. The Morgan fingerprint density at radius 3 is 2.41 bits per heavy atom. The van der Waals surface area contributed by atoms with Gasteiger partial charge in [0.25, 0.3) is 0 Å². The van der Waals surface area contributed by atoms with Gasteiger partial charge in [0.05, 0.1) is 5.75 Å². The van der Waals surface area contributed by atoms with Gasteiger partial charge in [-0.1, -0.05) is 30.3 Å². The van der Waals surface area contributed by atoms with E-state index in [0.717, 1.165) is 22.6 Å². The van der Waals surface area contributed by atoms with E-state index in [1.54, 1.807) is 30.9 Å². The largest absolute Gasteiger partial charge is 0.356 e. The second-order valence-corrected chi connectivity index (χ2v) is 9.30. The van der Waals surface area contributed by atoms with Crippen molar-refractivity contribution >= 4 is 27.7 Å². The van der Waals surface area contributed by atoms with Crippen LogP contribution in [0.5, 0.6) is 0 Å². The van der Waals surface area contributed by atoms with Crippen LogP contribution in [0.15, 0.2) is 64.5 Å². The molecule has 0 atom stereocenters. The molecule has 0 spiro atoms. The van der Waals surface area contributed by atoms with Gasteiger partial charge >= 0.3 is 0 Å². The molecule has 0 aliphatic rings. The van der Waals surface area contributed by atoms with E-state index in [1.807, 2.05) is 30.3 Å². The van der Waals surface area contributed by atoms with Gasteiger partial charge < -0.3 is 10.6 Å². The maximum Gasteiger partial charge on any atom is 0.213 e. The molecule has 0 heterocycles. The Morgan fingerprint density at radius 1 is 1.03 bits per heavy atom. The standard InChI is InChI=1S/C20H27FN4O2S2/c1-22-20(23-12-5-14-28-19-10-8-18(21)9-11-19)24-13-15-29(26,27)25-16-17-6-3-2-4-7-17/h2-4,6-11,25H,5,12-16H2,1H3,(H2,22,23,24). The predicted molar refractivity (Wildman–Crippen MR) is 118 cm³/mol. The van der Waals surface area contributed by atoms with Crippen LogP contribution in [0.25, 0.3) is 0 Å². The highest BCUT2D eigenvalue weighted by Crippen LogP contribution is 2.18. The number of sulfonamides is 1. The maximum atomic E-state index is 12.9. The van der Waals surface area contributed by atoms with Gasteiger partial charge in [-0.25, -0.2) is 17.5 Å². The van der Waals surface area contributed by atoms with Crippen LogP contribution in [-0.4, -0.2) is 46.0 Å². The number of nitrogens with zero attached hydrogens (tertiary/aromatic N) is 1. The average molecular weight is 439 g/mol. The van der Waals surface area contributed by atoms with Crippen molar-refractivity contribution in [3.63, 3.8) is 0 Å². The fourth-order valence-electron chi connectivity index (χ4n) is 2.39. The fourth-order valence-corrected chi connectivity index (χ4v) is 4.14. The smallest absolute Gasteiger partial charge is 0.213 e. The van der Waals surface area contributed by atoms with Crippen molar-refractivity contribution in [3.8, 4) is 0 Å². The number of nitrogens with one attached hydrogen (secondary N) is 3. The number of aliphatic imine (C=N–C) groups is 1. The van der Waals surface area contributed by atoms with E-state index in [1.165, 1.54) is 12.1 Å². The molecule has 9 heteroatoms. The summed E-state index contributed by atoms with van der Waals surface area (Å²) in [5.74, 6) is 1.17. The van der Waals surface area contributed by atoms with Crippen LogP contribution in [0.4, 0.5) is 4.39 Å². The lowest BCUT2D eigenvalue weighted by Gasteiger charge is -2.12. The van der Waals surface area contributed by atoms with E-state index < -0.39 is 10.0 Å². The molecule has 158 valence electrons. The minimum Gasteiger partial charge on any atom is -0.356 e. The Labute approximate surface area is 176 Å². The third-order valence-electron chi connectivity index (χ3n) is 3.92. The summed E-state index contributed by atoms with van der Waals surface area (Å²) in [5, 5.41) is 6.17. The Balaban J connectivity index is 1.59. The zero-order chi connectivity index (χ0) is 21.0. The van der Waals surface area contributed by atoms with Crippen LogP contribution in [0.3, 0.4) is 0 Å². The number of guanidine groups is 1. The van der Waals surface area contributed by atoms with Gasteiger partial charge in [-0.3, -0.25) is 4.99 Å². The number of hydrogen-bond donors (Lipinski definition) is 3. The number of halogens is 1. The Hall–Kier alpha value is -2.10. The molecule has 29 heavy (non-hydrogen) atoms. The van der Waals surface area contributed by atoms with Crippen LogP contribution in [0.1, 0.15) is 12.0 Å². The molecule has 0 fully saturated rings. The second kappa shape index (κ2) is 12.5.